The van der Waals surface area contributed by atoms with Crippen LogP contribution >= 0.6 is 22.7 Å². The number of hydrogen-bond acceptors (Lipinski definition) is 2. The summed E-state index contributed by atoms with van der Waals surface area (Å²) in [7, 11) is 0. The number of hydrogen-bond donors (Lipinski definition) is 0. The van der Waals surface area contributed by atoms with E-state index in [0.29, 0.717) is 0 Å². The van der Waals surface area contributed by atoms with Crippen molar-refractivity contribution < 1.29 is 0 Å². The molecule has 0 N–H and O–H groups in total. The average molecular weight is 1310 g/mol. The lowest BCUT2D eigenvalue weighted by atomic mass is 9.97. The summed E-state index contributed by atoms with van der Waals surface area (Å²) in [5.74, 6) is 0. The van der Waals surface area contributed by atoms with Crippen LogP contribution in [0.4, 0.5) is 0 Å². The summed E-state index contributed by atoms with van der Waals surface area (Å²) < 4.78 is 10.2. The molecule has 0 amide bonds. The molecule has 100 heavy (non-hydrogen) atoms. The number of rotatable bonds is 11. The van der Waals surface area contributed by atoms with E-state index in [4.69, 9.17) is 0 Å². The summed E-state index contributed by atoms with van der Waals surface area (Å²) in [5.41, 5.74) is 28.6. The summed E-state index contributed by atoms with van der Waals surface area (Å²) in [6, 6.07) is 135. The molecule has 0 saturated heterocycles. The van der Waals surface area contributed by atoms with Gasteiger partial charge in [-0.1, -0.05) is 291 Å². The predicted octanol–water partition coefficient (Wildman–Crippen LogP) is 27.6. The van der Waals surface area contributed by atoms with Crippen molar-refractivity contribution in [2.45, 2.75) is 0 Å². The third-order valence-electron chi connectivity index (χ3n) is 20.6. The number of para-hydroxylation sites is 1. The first-order valence-electron chi connectivity index (χ1n) is 34.2. The smallest absolute Gasteiger partial charge is 0.0547 e. The molecular formula is C96H60N2S2. The van der Waals surface area contributed by atoms with Crippen molar-refractivity contribution in [2.24, 2.45) is 0 Å². The standard InChI is InChI=1S/C96H60N2S2/c1-2-10-61(11-3-1)74-42-52-83-84-53-44-76(58-92(84)98(91(83)56-74)80-49-40-69(41-50-80)67-24-20-63(21-25-67)65-28-32-73(33-29-65)78-46-55-88-86-14-6-9-17-94(86)100-96(88)60-78)71-36-34-70(35-37-71)75-43-51-82-81-12-4-7-15-89(81)97(90(82)57-75)79-47-38-68(39-48-79)66-22-18-62(19-23-66)64-26-30-72(31-27-64)77-45-54-87-85-13-5-8-16-93(85)99-95(87)59-77/h1-60H. The molecule has 0 atom stereocenters. The van der Waals surface area contributed by atoms with Gasteiger partial charge in [-0.2, -0.15) is 0 Å². The average Bonchev–Trinajstić information content (AvgIpc) is 1.58. The highest BCUT2D eigenvalue weighted by atomic mass is 32.1. The third kappa shape index (κ3) is 9.98. The van der Waals surface area contributed by atoms with Crippen LogP contribution in [0, 0.1) is 0 Å². The van der Waals surface area contributed by atoms with Gasteiger partial charge >= 0.3 is 0 Å². The fraction of sp³-hybridized carbons (Fsp3) is 0. The van der Waals surface area contributed by atoms with Crippen molar-refractivity contribution in [3.8, 4) is 112 Å². The minimum Gasteiger partial charge on any atom is -0.309 e. The maximum absolute atomic E-state index is 2.46. The largest absolute Gasteiger partial charge is 0.309 e. The highest BCUT2D eigenvalue weighted by Gasteiger charge is 2.19. The Morgan fingerprint density at radius 2 is 0.360 bits per heavy atom. The molecule has 4 aromatic heterocycles. The van der Waals surface area contributed by atoms with Crippen LogP contribution in [-0.2, 0) is 0 Å². The molecule has 0 spiro atoms. The van der Waals surface area contributed by atoms with Gasteiger partial charge in [-0.3, -0.25) is 0 Å². The lowest BCUT2D eigenvalue weighted by Crippen LogP contribution is -1.94. The van der Waals surface area contributed by atoms with Gasteiger partial charge in [0.15, 0.2) is 0 Å². The summed E-state index contributed by atoms with van der Waals surface area (Å²) in [6.07, 6.45) is 0. The van der Waals surface area contributed by atoms with Gasteiger partial charge in [0.1, 0.15) is 0 Å². The Hall–Kier alpha value is -12.4. The maximum atomic E-state index is 2.46. The van der Waals surface area contributed by atoms with Crippen molar-refractivity contribution in [1.29, 1.82) is 0 Å². The van der Waals surface area contributed by atoms with Crippen molar-refractivity contribution in [1.82, 2.24) is 9.13 Å². The normalized spacial score (nSPS) is 11.8. The molecule has 0 saturated carbocycles. The van der Waals surface area contributed by atoms with Crippen LogP contribution in [0.1, 0.15) is 0 Å². The van der Waals surface area contributed by atoms with Crippen LogP contribution in [0.5, 0.6) is 0 Å². The molecule has 20 rings (SSSR count). The summed E-state index contributed by atoms with van der Waals surface area (Å²) in [4.78, 5) is 0. The van der Waals surface area contributed by atoms with E-state index in [1.165, 1.54) is 184 Å². The van der Waals surface area contributed by atoms with Gasteiger partial charge in [-0.25, -0.2) is 0 Å². The second-order valence-corrected chi connectivity index (χ2v) is 28.5. The van der Waals surface area contributed by atoms with Crippen LogP contribution in [0.15, 0.2) is 364 Å². The Labute approximate surface area is 587 Å². The zero-order valence-corrected chi connectivity index (χ0v) is 56.0. The van der Waals surface area contributed by atoms with Crippen molar-refractivity contribution in [2.75, 3.05) is 0 Å². The van der Waals surface area contributed by atoms with E-state index >= 15 is 0 Å². The first kappa shape index (κ1) is 57.8. The van der Waals surface area contributed by atoms with Crippen LogP contribution in [0.2, 0.25) is 0 Å². The second kappa shape index (κ2) is 23.7. The predicted molar refractivity (Wildman–Crippen MR) is 430 cm³/mol. The number of benzene rings is 16. The van der Waals surface area contributed by atoms with E-state index in [1.807, 2.05) is 22.7 Å². The highest BCUT2D eigenvalue weighted by Crippen LogP contribution is 2.43. The van der Waals surface area contributed by atoms with Gasteiger partial charge in [-0.15, -0.1) is 22.7 Å². The summed E-state index contributed by atoms with van der Waals surface area (Å²) >= 11 is 3.74. The zero-order chi connectivity index (χ0) is 65.8. The minimum atomic E-state index is 1.12. The molecule has 0 aliphatic carbocycles. The van der Waals surface area contributed by atoms with Gasteiger partial charge in [0.05, 0.1) is 22.1 Å². The van der Waals surface area contributed by atoms with E-state index in [2.05, 4.69) is 373 Å². The molecule has 4 heteroatoms. The quantitative estimate of drug-likeness (QED) is 0.122. The number of aromatic nitrogens is 2. The number of nitrogens with zero attached hydrogens (tertiary/aromatic N) is 2. The maximum Gasteiger partial charge on any atom is 0.0547 e. The first-order valence-corrected chi connectivity index (χ1v) is 35.9. The topological polar surface area (TPSA) is 9.86 Å². The Morgan fingerprint density at radius 1 is 0.140 bits per heavy atom. The van der Waals surface area contributed by atoms with Gasteiger partial charge < -0.3 is 9.13 Å². The minimum absolute atomic E-state index is 1.12. The molecule has 0 radical (unpaired) electrons. The summed E-state index contributed by atoms with van der Waals surface area (Å²) in [6.45, 7) is 0. The third-order valence-corrected chi connectivity index (χ3v) is 22.9. The fourth-order valence-electron chi connectivity index (χ4n) is 15.4. The Morgan fingerprint density at radius 3 is 0.710 bits per heavy atom. The fourth-order valence-corrected chi connectivity index (χ4v) is 17.7. The van der Waals surface area contributed by atoms with Crippen molar-refractivity contribution in [3.05, 3.63) is 364 Å². The first-order chi connectivity index (χ1) is 49.5. The molecule has 2 nitrogen and oxygen atoms in total. The van der Waals surface area contributed by atoms with Crippen LogP contribution in [0.3, 0.4) is 0 Å². The van der Waals surface area contributed by atoms with Crippen molar-refractivity contribution in [3.63, 3.8) is 0 Å². The molecular weight excluding hydrogens is 1250 g/mol. The molecule has 16 aromatic carbocycles. The van der Waals surface area contributed by atoms with Gasteiger partial charge in [0, 0.05) is 73.3 Å². The van der Waals surface area contributed by atoms with Crippen LogP contribution < -0.4 is 0 Å². The van der Waals surface area contributed by atoms with E-state index < -0.39 is 0 Å². The lowest BCUT2D eigenvalue weighted by Gasteiger charge is -2.12. The summed E-state index contributed by atoms with van der Waals surface area (Å²) in [5, 5.41) is 10.3. The van der Waals surface area contributed by atoms with E-state index in [-0.39, 0.29) is 0 Å². The Bertz CT molecular complexity index is 6550. The molecule has 0 aliphatic heterocycles. The monoisotopic (exact) mass is 1300 g/mol. The number of fused-ring (bicyclic) bond motifs is 12. The van der Waals surface area contributed by atoms with E-state index in [1.54, 1.807) is 0 Å². The molecule has 0 bridgehead atoms. The molecule has 0 unspecified atom stereocenters. The number of thiophene rings is 2. The van der Waals surface area contributed by atoms with Gasteiger partial charge in [0.2, 0.25) is 0 Å². The zero-order valence-electron chi connectivity index (χ0n) is 54.4. The Balaban J connectivity index is 0.568. The lowest BCUT2D eigenvalue weighted by molar-refractivity contribution is 1.18. The molecule has 0 fully saturated rings. The molecule has 466 valence electrons. The van der Waals surface area contributed by atoms with Crippen LogP contribution in [0.25, 0.3) is 195 Å². The molecule has 20 aromatic rings. The van der Waals surface area contributed by atoms with Gasteiger partial charge in [-0.05, 0) is 173 Å². The molecule has 0 aliphatic rings. The van der Waals surface area contributed by atoms with Crippen molar-refractivity contribution >= 4 is 107 Å². The second-order valence-electron chi connectivity index (χ2n) is 26.3. The van der Waals surface area contributed by atoms with Gasteiger partial charge in [0.25, 0.3) is 0 Å². The van der Waals surface area contributed by atoms with E-state index in [9.17, 15) is 0 Å². The SMILES string of the molecule is c1ccc(-c2ccc3c4ccc(-c5ccc(-c6ccc7c8ccccc8n(-c8ccc(-c9ccc(-c%10ccc(-c%11ccc%12c(c%11)sc%11ccccc%11%12)cc%10)cc9)cc8)c7c6)cc5)cc4n(-c4ccc(-c5ccc(-c6ccc(-c7ccc8c(c7)sc7ccccc78)cc6)cc5)cc4)c3c2)cc1. The Kier molecular flexibility index (Phi) is 13.7. The van der Waals surface area contributed by atoms with E-state index in [0.717, 1.165) is 11.4 Å². The highest BCUT2D eigenvalue weighted by molar-refractivity contribution is 7.26. The molecule has 4 heterocycles. The van der Waals surface area contributed by atoms with Crippen LogP contribution in [-0.4, -0.2) is 9.13 Å².